The van der Waals surface area contributed by atoms with E-state index in [1.807, 2.05) is 36.4 Å². The molecule has 0 radical (unpaired) electrons. The van der Waals surface area contributed by atoms with E-state index < -0.39 is 44.7 Å². The van der Waals surface area contributed by atoms with Gasteiger partial charge in [-0.05, 0) is 200 Å². The monoisotopic (exact) mass is 1430 g/mol. The summed E-state index contributed by atoms with van der Waals surface area (Å²) in [5, 5.41) is 12.6. The summed E-state index contributed by atoms with van der Waals surface area (Å²) >= 11 is 5.35. The minimum atomic E-state index is -4.83. The molecule has 0 atom stereocenters. The lowest BCUT2D eigenvalue weighted by atomic mass is 10.2. The molecule has 3 fully saturated rings. The predicted molar refractivity (Wildman–Crippen MR) is 411 cm³/mol. The van der Waals surface area contributed by atoms with Gasteiger partial charge in [0.15, 0.2) is 0 Å². The van der Waals surface area contributed by atoms with Crippen LogP contribution in [0.5, 0.6) is 17.2 Å². The van der Waals surface area contributed by atoms with Crippen molar-refractivity contribution in [3.63, 3.8) is 0 Å². The number of anilines is 3. The van der Waals surface area contributed by atoms with Crippen LogP contribution >= 0.6 is 41.8 Å². The number of benzene rings is 6. The molecule has 0 saturated carbocycles. The van der Waals surface area contributed by atoms with Crippen molar-refractivity contribution >= 4 is 122 Å². The fourth-order valence-electron chi connectivity index (χ4n) is 14.3. The van der Waals surface area contributed by atoms with E-state index in [1.54, 1.807) is 70.4 Å². The highest BCUT2D eigenvalue weighted by Gasteiger charge is 2.30. The van der Waals surface area contributed by atoms with Gasteiger partial charge in [0.05, 0.1) is 36.4 Å². The van der Waals surface area contributed by atoms with Gasteiger partial charge in [-0.1, -0.05) is 18.2 Å². The zero-order valence-electron chi connectivity index (χ0n) is 56.7. The van der Waals surface area contributed by atoms with Gasteiger partial charge < -0.3 is 28.9 Å². The molecule has 0 spiro atoms. The first-order valence-corrected chi connectivity index (χ1v) is 39.4. The summed E-state index contributed by atoms with van der Waals surface area (Å²) in [6.07, 6.45) is 5.38. The van der Waals surface area contributed by atoms with Gasteiger partial charge in [-0.2, -0.15) is 0 Å². The second kappa shape index (κ2) is 31.9. The number of hydrogen-bond acceptors (Lipinski definition) is 19. The highest BCUT2D eigenvalue weighted by Crippen LogP contribution is 2.51. The summed E-state index contributed by atoms with van der Waals surface area (Å²) in [6, 6.07) is 52.3. The number of rotatable bonds is 30. The zero-order valence-corrected chi connectivity index (χ0v) is 60.0. The lowest BCUT2D eigenvalue weighted by Crippen LogP contribution is -2.46. The van der Waals surface area contributed by atoms with Crippen molar-refractivity contribution in [2.45, 2.75) is 58.7 Å². The molecule has 0 aliphatic carbocycles. The molecule has 101 heavy (non-hydrogen) atoms. The van der Waals surface area contributed by atoms with Crippen LogP contribution in [0.25, 0.3) is 63.0 Å². The quantitative estimate of drug-likeness (QED) is 0.0309. The summed E-state index contributed by atoms with van der Waals surface area (Å²) in [7, 11) is -4.83. The Kier molecular flexibility index (Phi) is 21.6. The Balaban J connectivity index is 0.596. The Labute approximate surface area is 598 Å². The van der Waals surface area contributed by atoms with Crippen molar-refractivity contribution in [3.8, 4) is 17.2 Å². The maximum Gasteiger partial charge on any atom is 0.480 e. The Hall–Kier alpha value is -8.38. The molecule has 12 aromatic rings. The van der Waals surface area contributed by atoms with E-state index in [4.69, 9.17) is 27.8 Å². The highest BCUT2D eigenvalue weighted by molar-refractivity contribution is 7.48. The maximum absolute atomic E-state index is 15.5. The van der Waals surface area contributed by atoms with Crippen molar-refractivity contribution in [2.24, 2.45) is 0 Å². The summed E-state index contributed by atoms with van der Waals surface area (Å²) in [5.74, 6) is 1.67. The van der Waals surface area contributed by atoms with Crippen LogP contribution in [0.1, 0.15) is 38.5 Å². The number of phosphoric ester groups is 1. The molecule has 19 nitrogen and oxygen atoms in total. The summed E-state index contributed by atoms with van der Waals surface area (Å²) < 4.78 is 61.0. The molecule has 6 aromatic heterocycles. The van der Waals surface area contributed by atoms with Crippen molar-refractivity contribution < 1.29 is 32.3 Å². The number of hydrogen-bond donors (Lipinski definition) is 0. The minimum absolute atomic E-state index is 0.438. The Morgan fingerprint density at radius 1 is 0.337 bits per heavy atom. The van der Waals surface area contributed by atoms with E-state index in [-0.39, 0.29) is 0 Å². The number of phosphoric acid groups is 1. The minimum Gasteiger partial charge on any atom is -0.494 e. The first-order chi connectivity index (χ1) is 49.6. The van der Waals surface area contributed by atoms with Crippen LogP contribution in [-0.4, -0.2) is 146 Å². The van der Waals surface area contributed by atoms with E-state index >= 15 is 4.57 Å². The average Bonchev–Trinajstić information content (AvgIpc) is 1.68. The van der Waals surface area contributed by atoms with Gasteiger partial charge in [0.25, 0.3) is 16.7 Å². The van der Waals surface area contributed by atoms with Crippen LogP contribution in [0, 0.1) is 0 Å². The fourth-order valence-corrected chi connectivity index (χ4v) is 17.7. The fraction of sp³-hybridized carbons (Fsp3) is 0.346. The molecule has 0 N–H and O–H groups in total. The zero-order chi connectivity index (χ0) is 68.5. The number of piperazine rings is 3. The van der Waals surface area contributed by atoms with E-state index in [2.05, 4.69) is 118 Å². The second-order valence-corrected chi connectivity index (χ2v) is 30.7. The Morgan fingerprint density at radius 2 is 0.634 bits per heavy atom. The largest absolute Gasteiger partial charge is 0.494 e. The van der Waals surface area contributed by atoms with Crippen LogP contribution < -0.4 is 45.6 Å². The average molecular weight is 1430 g/mol. The van der Waals surface area contributed by atoms with Crippen molar-refractivity contribution in [1.29, 1.82) is 0 Å². The molecule has 0 unspecified atom stereocenters. The van der Waals surface area contributed by atoms with E-state index in [9.17, 15) is 14.4 Å². The van der Waals surface area contributed by atoms with Crippen molar-refractivity contribution in [1.82, 2.24) is 28.4 Å². The number of unbranched alkanes of at least 4 members (excludes halogenated alkanes) is 3. The number of thiophene rings is 3. The predicted octanol–water partition coefficient (Wildman–Crippen LogP) is 14.6. The third kappa shape index (κ3) is 16.1. The molecule has 23 heteroatoms. The standard InChI is InChI=1S/C78H84N9O10PS3/c88-76-25-19-58-16-22-61(92-46-4-1-31-79-34-40-82(41-35-79)67-10-7-13-73-64(67)28-49-99-73)52-70(58)85(76)55-95-98(91,96-56-86-71-53-62(23-17-59(71)20-26-77(86)89)93-47-5-2-32-80-36-42-83(43-37-80)68-11-8-14-74-65(68)29-50-100-74)97-57-87-72-54-63(24-18-60(72)21-27-78(87)90)94-48-6-3-33-81-38-44-84(45-39-81)69-12-9-15-75-66(69)30-51-101-75/h7-30,49-54H,1-6,31-48,55-57H2. The van der Waals surface area contributed by atoms with Crippen molar-refractivity contribution in [2.75, 3.05) is 133 Å². The first kappa shape index (κ1) is 68.4. The second-order valence-electron chi connectivity index (χ2n) is 26.2. The topological polar surface area (TPSA) is 158 Å². The maximum atomic E-state index is 15.5. The first-order valence-electron chi connectivity index (χ1n) is 35.3. The van der Waals surface area contributed by atoms with E-state index in [0.717, 1.165) is 137 Å². The lowest BCUT2D eigenvalue weighted by Gasteiger charge is -2.36. The van der Waals surface area contributed by atoms with Gasteiger partial charge in [-0.3, -0.25) is 56.4 Å². The summed E-state index contributed by atoms with van der Waals surface area (Å²) in [6.45, 7) is 14.4. The molecule has 3 aliphatic rings. The number of pyridine rings is 3. The van der Waals surface area contributed by atoms with E-state index in [1.165, 1.54) is 79.2 Å². The molecule has 3 saturated heterocycles. The molecular weight excluding hydrogens is 1350 g/mol. The third-order valence-electron chi connectivity index (χ3n) is 19.9. The van der Waals surface area contributed by atoms with Gasteiger partial charge in [0, 0.05) is 162 Å². The normalized spacial score (nSPS) is 15.3. The molecular formula is C78H84N9O10PS3. The van der Waals surface area contributed by atoms with Crippen LogP contribution in [0.2, 0.25) is 0 Å². The third-order valence-corrected chi connectivity index (χ3v) is 23.8. The van der Waals surface area contributed by atoms with Crippen LogP contribution in [-0.2, 0) is 38.3 Å². The number of ether oxygens (including phenoxy) is 3. The van der Waals surface area contributed by atoms with Crippen LogP contribution in [0.4, 0.5) is 17.1 Å². The molecule has 9 heterocycles. The number of aromatic nitrogens is 3. The molecule has 524 valence electrons. The Morgan fingerprint density at radius 3 is 0.941 bits per heavy atom. The number of nitrogens with zero attached hydrogens (tertiary/aromatic N) is 9. The van der Waals surface area contributed by atoms with Crippen LogP contribution in [0.15, 0.2) is 194 Å². The van der Waals surface area contributed by atoms with Gasteiger partial charge in [-0.25, -0.2) is 4.57 Å². The lowest BCUT2D eigenvalue weighted by molar-refractivity contribution is 0.0545. The van der Waals surface area contributed by atoms with Gasteiger partial charge in [0.2, 0.25) is 0 Å². The smallest absolute Gasteiger partial charge is 0.480 e. The van der Waals surface area contributed by atoms with Crippen molar-refractivity contribution in [3.05, 3.63) is 211 Å². The summed E-state index contributed by atoms with van der Waals surface area (Å²) in [4.78, 5) is 56.8. The molecule has 0 amide bonds. The molecule has 6 aromatic carbocycles. The SMILES string of the molecule is O=c1ccc2ccc(OCCCCN3CCN(c4cccc5sccc45)CC3)cc2n1COP(=O)(OCn1c(=O)ccc2ccc(OCCCCN3CCN(c4cccc5sccc45)CC3)cc21)OCn1c(=O)ccc2ccc(OCCCCN3CCN(c4cccc5sccc45)CC3)cc21. The van der Waals surface area contributed by atoms with Gasteiger partial charge in [-0.15, -0.1) is 34.0 Å². The van der Waals surface area contributed by atoms with Gasteiger partial charge in [0.1, 0.15) is 37.4 Å². The molecule has 3 aliphatic heterocycles. The molecule has 0 bridgehead atoms. The molecule has 15 rings (SSSR count). The van der Waals surface area contributed by atoms with Crippen LogP contribution in [0.3, 0.4) is 0 Å². The highest BCUT2D eigenvalue weighted by atomic mass is 32.1. The van der Waals surface area contributed by atoms with Gasteiger partial charge >= 0.3 is 7.82 Å². The van der Waals surface area contributed by atoms with E-state index in [0.29, 0.717) is 69.8 Å². The summed E-state index contributed by atoms with van der Waals surface area (Å²) in [5.41, 5.74) is 4.03. The number of fused-ring (bicyclic) bond motifs is 6. The Bertz CT molecular complexity index is 4590.